The van der Waals surface area contributed by atoms with E-state index in [-0.39, 0.29) is 16.3 Å². The van der Waals surface area contributed by atoms with Gasteiger partial charge in [-0.05, 0) is 10.5 Å². The molecule has 5 nitrogen and oxygen atoms in total. The number of rotatable bonds is 3. The van der Waals surface area contributed by atoms with Crippen LogP contribution in [-0.2, 0) is 6.42 Å². The standard InChI is InChI=1S/C10H8N2O3/c13-7-9-10(12(14)15-11-9)6-8-4-2-1-3-5-8/h1-5,7H,6H2. The zero-order valence-corrected chi connectivity index (χ0v) is 7.79. The van der Waals surface area contributed by atoms with Crippen molar-refractivity contribution in [2.75, 3.05) is 0 Å². The highest BCUT2D eigenvalue weighted by Crippen LogP contribution is 2.07. The quantitative estimate of drug-likeness (QED) is 0.545. The molecule has 0 fully saturated rings. The lowest BCUT2D eigenvalue weighted by Gasteiger charge is -1.97. The summed E-state index contributed by atoms with van der Waals surface area (Å²) in [5, 5.41) is 14.5. The third kappa shape index (κ3) is 1.85. The first kappa shape index (κ1) is 9.39. The van der Waals surface area contributed by atoms with Crippen molar-refractivity contribution in [1.82, 2.24) is 5.16 Å². The van der Waals surface area contributed by atoms with Crippen molar-refractivity contribution in [1.29, 1.82) is 0 Å². The van der Waals surface area contributed by atoms with Crippen LogP contribution >= 0.6 is 0 Å². The fraction of sp³-hybridized carbons (Fsp3) is 0.100. The van der Waals surface area contributed by atoms with Gasteiger partial charge in [0, 0.05) is 11.6 Å². The summed E-state index contributed by atoms with van der Waals surface area (Å²) < 4.78 is 4.34. The van der Waals surface area contributed by atoms with Crippen molar-refractivity contribution in [3.8, 4) is 0 Å². The van der Waals surface area contributed by atoms with Gasteiger partial charge in [0.15, 0.2) is 6.29 Å². The number of carbonyl (C=O) groups is 1. The SMILES string of the molecule is O=Cc1no[n+]([O-])c1Cc1ccccc1. The third-order valence-corrected chi connectivity index (χ3v) is 2.06. The van der Waals surface area contributed by atoms with Gasteiger partial charge in [0.1, 0.15) is 0 Å². The number of aldehydes is 1. The van der Waals surface area contributed by atoms with Gasteiger partial charge in [-0.1, -0.05) is 30.3 Å². The van der Waals surface area contributed by atoms with E-state index in [1.54, 1.807) is 0 Å². The maximum Gasteiger partial charge on any atom is 0.283 e. The fourth-order valence-electron chi connectivity index (χ4n) is 1.31. The molecule has 0 spiro atoms. The van der Waals surface area contributed by atoms with Crippen molar-refractivity contribution in [2.24, 2.45) is 0 Å². The van der Waals surface area contributed by atoms with Crippen LogP contribution in [0.4, 0.5) is 0 Å². The minimum absolute atomic E-state index is 0.0499. The molecular weight excluding hydrogens is 196 g/mol. The summed E-state index contributed by atoms with van der Waals surface area (Å²) in [6.07, 6.45) is 0.845. The predicted molar refractivity (Wildman–Crippen MR) is 50.1 cm³/mol. The highest BCUT2D eigenvalue weighted by atomic mass is 16.8. The smallest absolute Gasteiger partial charge is 0.283 e. The molecule has 0 bridgehead atoms. The van der Waals surface area contributed by atoms with Crippen molar-refractivity contribution >= 4 is 6.29 Å². The van der Waals surface area contributed by atoms with E-state index in [4.69, 9.17) is 0 Å². The average Bonchev–Trinajstić information content (AvgIpc) is 2.62. The van der Waals surface area contributed by atoms with Crippen LogP contribution in [-0.4, -0.2) is 11.4 Å². The van der Waals surface area contributed by atoms with Gasteiger partial charge in [0.05, 0.1) is 0 Å². The Bertz CT molecular complexity index is 465. The monoisotopic (exact) mass is 204 g/mol. The summed E-state index contributed by atoms with van der Waals surface area (Å²) in [6, 6.07) is 9.32. The second kappa shape index (κ2) is 3.91. The molecule has 0 N–H and O–H groups in total. The summed E-state index contributed by atoms with van der Waals surface area (Å²) in [7, 11) is 0. The Kier molecular flexibility index (Phi) is 2.45. The van der Waals surface area contributed by atoms with Crippen molar-refractivity contribution in [3.63, 3.8) is 0 Å². The summed E-state index contributed by atoms with van der Waals surface area (Å²) in [6.45, 7) is 0. The van der Waals surface area contributed by atoms with Crippen molar-refractivity contribution < 1.29 is 14.3 Å². The van der Waals surface area contributed by atoms with Gasteiger partial charge in [-0.2, -0.15) is 0 Å². The van der Waals surface area contributed by atoms with Crippen molar-refractivity contribution in [2.45, 2.75) is 6.42 Å². The van der Waals surface area contributed by atoms with Crippen LogP contribution in [0.5, 0.6) is 0 Å². The second-order valence-corrected chi connectivity index (χ2v) is 3.04. The Labute approximate surface area is 85.5 Å². The normalized spacial score (nSPS) is 10.1. The molecule has 1 heterocycles. The van der Waals surface area contributed by atoms with Crippen LogP contribution in [0.2, 0.25) is 0 Å². The van der Waals surface area contributed by atoms with Crippen LogP contribution < -0.4 is 4.90 Å². The number of aromatic nitrogens is 2. The Hall–Kier alpha value is -2.17. The molecule has 0 aliphatic rings. The maximum absolute atomic E-state index is 11.1. The third-order valence-electron chi connectivity index (χ3n) is 2.06. The van der Waals surface area contributed by atoms with E-state index in [1.165, 1.54) is 0 Å². The molecule has 1 aromatic heterocycles. The minimum Gasteiger partial charge on any atom is -0.359 e. The molecule has 2 aromatic rings. The lowest BCUT2D eigenvalue weighted by molar-refractivity contribution is -0.807. The van der Waals surface area contributed by atoms with Crippen LogP contribution in [0.1, 0.15) is 21.7 Å². The van der Waals surface area contributed by atoms with E-state index in [9.17, 15) is 10.0 Å². The number of carbonyl (C=O) groups excluding carboxylic acids is 1. The molecule has 0 amide bonds. The molecule has 0 saturated carbocycles. The number of benzene rings is 1. The molecule has 0 unspecified atom stereocenters. The Morgan fingerprint density at radius 3 is 2.80 bits per heavy atom. The van der Waals surface area contributed by atoms with Gasteiger partial charge in [0.25, 0.3) is 5.69 Å². The molecule has 0 aliphatic heterocycles. The van der Waals surface area contributed by atoms with Gasteiger partial charge in [-0.25, -0.2) is 0 Å². The zero-order valence-electron chi connectivity index (χ0n) is 7.79. The maximum atomic E-state index is 11.1. The van der Waals surface area contributed by atoms with E-state index in [0.29, 0.717) is 12.7 Å². The zero-order chi connectivity index (χ0) is 10.7. The summed E-state index contributed by atoms with van der Waals surface area (Å²) in [5.74, 6) is 0. The Morgan fingerprint density at radius 2 is 2.13 bits per heavy atom. The summed E-state index contributed by atoms with van der Waals surface area (Å²) in [4.78, 5) is 10.8. The molecule has 0 atom stereocenters. The highest BCUT2D eigenvalue weighted by molar-refractivity contribution is 5.72. The molecule has 0 radical (unpaired) electrons. The van der Waals surface area contributed by atoms with Crippen LogP contribution in [0.25, 0.3) is 0 Å². The predicted octanol–water partition coefficient (Wildman–Crippen LogP) is 0.711. The van der Waals surface area contributed by atoms with Crippen LogP contribution in [0.15, 0.2) is 35.0 Å². The first-order chi connectivity index (χ1) is 7.31. The number of hydrogen-bond acceptors (Lipinski definition) is 4. The van der Waals surface area contributed by atoms with E-state index >= 15 is 0 Å². The largest absolute Gasteiger partial charge is 0.359 e. The lowest BCUT2D eigenvalue weighted by atomic mass is 10.1. The molecule has 0 aliphatic carbocycles. The molecular formula is C10H8N2O3. The molecule has 2 rings (SSSR count). The molecule has 15 heavy (non-hydrogen) atoms. The van der Waals surface area contributed by atoms with E-state index < -0.39 is 0 Å². The van der Waals surface area contributed by atoms with Gasteiger partial charge < -0.3 is 5.21 Å². The summed E-state index contributed by atoms with van der Waals surface area (Å²) >= 11 is 0. The fourth-order valence-corrected chi connectivity index (χ4v) is 1.31. The minimum atomic E-state index is 0.0499. The van der Waals surface area contributed by atoms with Crippen LogP contribution in [0, 0.1) is 5.21 Å². The summed E-state index contributed by atoms with van der Waals surface area (Å²) in [5.41, 5.74) is 1.21. The van der Waals surface area contributed by atoms with E-state index in [0.717, 1.165) is 5.56 Å². The van der Waals surface area contributed by atoms with Gasteiger partial charge in [0.2, 0.25) is 5.69 Å². The molecule has 76 valence electrons. The van der Waals surface area contributed by atoms with Gasteiger partial charge >= 0.3 is 0 Å². The van der Waals surface area contributed by atoms with E-state index in [2.05, 4.69) is 9.79 Å². The highest BCUT2D eigenvalue weighted by Gasteiger charge is 2.18. The van der Waals surface area contributed by atoms with Crippen molar-refractivity contribution in [3.05, 3.63) is 52.5 Å². The second-order valence-electron chi connectivity index (χ2n) is 3.04. The number of nitrogens with zero attached hydrogens (tertiary/aromatic N) is 2. The van der Waals surface area contributed by atoms with Crippen LogP contribution in [0.3, 0.4) is 0 Å². The first-order valence-corrected chi connectivity index (χ1v) is 4.39. The van der Waals surface area contributed by atoms with E-state index in [1.807, 2.05) is 30.3 Å². The Morgan fingerprint density at radius 1 is 1.40 bits per heavy atom. The topological polar surface area (TPSA) is 70.0 Å². The van der Waals surface area contributed by atoms with Gasteiger partial charge in [-0.15, -0.1) is 0 Å². The average molecular weight is 204 g/mol. The molecule has 5 heteroatoms. The number of hydrogen-bond donors (Lipinski definition) is 0. The Balaban J connectivity index is 2.31. The lowest BCUT2D eigenvalue weighted by Crippen LogP contribution is -2.28. The molecule has 1 aromatic carbocycles. The van der Waals surface area contributed by atoms with Gasteiger partial charge in [-0.3, -0.25) is 9.42 Å². The first-order valence-electron chi connectivity index (χ1n) is 4.39. The molecule has 0 saturated heterocycles.